The van der Waals surface area contributed by atoms with Crippen LogP contribution in [0, 0.1) is 5.92 Å². The van der Waals surface area contributed by atoms with E-state index in [2.05, 4.69) is 0 Å². The second-order valence-corrected chi connectivity index (χ2v) is 6.23. The van der Waals surface area contributed by atoms with Gasteiger partial charge in [-0.3, -0.25) is 14.4 Å². The van der Waals surface area contributed by atoms with Crippen molar-refractivity contribution in [2.45, 2.75) is 38.0 Å². The summed E-state index contributed by atoms with van der Waals surface area (Å²) in [6, 6.07) is 7.18. The second-order valence-electron chi connectivity index (χ2n) is 5.10. The molecule has 1 aromatic carbocycles. The number of thioether (sulfide) groups is 1. The van der Waals surface area contributed by atoms with Gasteiger partial charge < -0.3 is 14.2 Å². The number of benzene rings is 1. The van der Waals surface area contributed by atoms with Crippen LogP contribution in [0.5, 0.6) is 5.75 Å². The average molecular weight is 368 g/mol. The van der Waals surface area contributed by atoms with E-state index in [0.717, 1.165) is 22.4 Å². The fraction of sp³-hybridized carbons (Fsp3) is 0.500. The van der Waals surface area contributed by atoms with Crippen molar-refractivity contribution in [3.05, 3.63) is 24.3 Å². The number of hydrogen-bond donors (Lipinski definition) is 0. The molecule has 0 N–H and O–H groups in total. The van der Waals surface area contributed by atoms with E-state index in [1.807, 2.05) is 0 Å². The highest BCUT2D eigenvalue weighted by Crippen LogP contribution is 2.24. The minimum absolute atomic E-state index is 0.0309. The molecule has 0 amide bonds. The van der Waals surface area contributed by atoms with Crippen LogP contribution in [0.4, 0.5) is 0 Å². The molecule has 25 heavy (non-hydrogen) atoms. The maximum Gasteiger partial charge on any atom is 0.320 e. The van der Waals surface area contributed by atoms with Crippen molar-refractivity contribution >= 4 is 28.8 Å². The molecule has 0 aliphatic heterocycles. The molecular formula is C18H24O6S. The fourth-order valence-corrected chi connectivity index (χ4v) is 2.88. The molecule has 7 heteroatoms. The third kappa shape index (κ3) is 7.60. The van der Waals surface area contributed by atoms with Crippen LogP contribution in [0.3, 0.4) is 0 Å². The lowest BCUT2D eigenvalue weighted by atomic mass is 10.0. The normalized spacial score (nSPS) is 10.4. The Morgan fingerprint density at radius 3 is 2.04 bits per heavy atom. The summed E-state index contributed by atoms with van der Waals surface area (Å²) in [6.45, 7) is 3.74. The Hall–Kier alpha value is -2.02. The van der Waals surface area contributed by atoms with E-state index < -0.39 is 17.9 Å². The molecular weight excluding hydrogens is 344 g/mol. The van der Waals surface area contributed by atoms with Crippen LogP contribution in [0.1, 0.15) is 33.1 Å². The summed E-state index contributed by atoms with van der Waals surface area (Å²) >= 11 is 1.12. The van der Waals surface area contributed by atoms with Gasteiger partial charge in [-0.1, -0.05) is 11.8 Å². The lowest BCUT2D eigenvalue weighted by molar-refractivity contribution is -0.162. The largest absolute Gasteiger partial charge is 0.497 e. The van der Waals surface area contributed by atoms with Crippen LogP contribution in [-0.4, -0.2) is 37.4 Å². The molecule has 0 saturated carbocycles. The first-order valence-electron chi connectivity index (χ1n) is 8.19. The highest BCUT2D eigenvalue weighted by molar-refractivity contribution is 8.13. The Bertz CT molecular complexity index is 551. The van der Waals surface area contributed by atoms with Crippen LogP contribution < -0.4 is 4.74 Å². The van der Waals surface area contributed by atoms with Gasteiger partial charge in [0.1, 0.15) is 5.75 Å². The predicted molar refractivity (Wildman–Crippen MR) is 94.5 cm³/mol. The lowest BCUT2D eigenvalue weighted by Gasteiger charge is -2.13. The average Bonchev–Trinajstić information content (AvgIpc) is 2.59. The van der Waals surface area contributed by atoms with Gasteiger partial charge in [-0.15, -0.1) is 0 Å². The second kappa shape index (κ2) is 11.5. The Kier molecular flexibility index (Phi) is 9.69. The lowest BCUT2D eigenvalue weighted by Crippen LogP contribution is -2.28. The maximum atomic E-state index is 12.0. The Morgan fingerprint density at radius 2 is 1.56 bits per heavy atom. The Labute approximate surface area is 152 Å². The molecule has 6 nitrogen and oxygen atoms in total. The summed E-state index contributed by atoms with van der Waals surface area (Å²) in [6.07, 6.45) is 0.892. The van der Waals surface area contributed by atoms with E-state index in [4.69, 9.17) is 14.2 Å². The zero-order valence-electron chi connectivity index (χ0n) is 14.8. The van der Waals surface area contributed by atoms with Crippen molar-refractivity contribution in [1.82, 2.24) is 0 Å². The Balaban J connectivity index is 2.48. The van der Waals surface area contributed by atoms with E-state index >= 15 is 0 Å². The number of hydrogen-bond acceptors (Lipinski definition) is 7. The molecule has 0 aromatic heterocycles. The van der Waals surface area contributed by atoms with Gasteiger partial charge in [0.25, 0.3) is 0 Å². The van der Waals surface area contributed by atoms with Gasteiger partial charge in [-0.05, 0) is 51.0 Å². The minimum Gasteiger partial charge on any atom is -0.497 e. The van der Waals surface area contributed by atoms with Crippen LogP contribution >= 0.6 is 11.8 Å². The molecule has 0 heterocycles. The highest BCUT2D eigenvalue weighted by Gasteiger charge is 2.29. The first-order chi connectivity index (χ1) is 12.0. The molecule has 0 bridgehead atoms. The summed E-state index contributed by atoms with van der Waals surface area (Å²) in [4.78, 5) is 36.6. The van der Waals surface area contributed by atoms with Crippen LogP contribution in [0.25, 0.3) is 0 Å². The standard InChI is InChI=1S/C18H24O6S/c1-4-23-17(20)15(18(21)24-5-2)7-6-8-16(19)25-14-11-9-13(22-3)10-12-14/h9-12,15H,4-8H2,1-3H3. The molecule has 0 fully saturated rings. The SMILES string of the molecule is CCOC(=O)C(CCCC(=O)Sc1ccc(OC)cc1)C(=O)OCC. The van der Waals surface area contributed by atoms with Gasteiger partial charge >= 0.3 is 11.9 Å². The number of rotatable bonds is 10. The first-order valence-corrected chi connectivity index (χ1v) is 9.01. The van der Waals surface area contributed by atoms with Crippen molar-refractivity contribution in [3.63, 3.8) is 0 Å². The van der Waals surface area contributed by atoms with Crippen LogP contribution in [-0.2, 0) is 23.9 Å². The molecule has 0 aliphatic rings. The number of ether oxygens (including phenoxy) is 3. The third-order valence-electron chi connectivity index (χ3n) is 3.31. The predicted octanol–water partition coefficient (Wildman–Crippen LogP) is 3.23. The van der Waals surface area contributed by atoms with Crippen molar-refractivity contribution in [1.29, 1.82) is 0 Å². The summed E-state index contributed by atoms with van der Waals surface area (Å²) in [5.74, 6) is -1.45. The smallest absolute Gasteiger partial charge is 0.320 e. The van der Waals surface area contributed by atoms with E-state index in [0.29, 0.717) is 6.42 Å². The van der Waals surface area contributed by atoms with E-state index in [1.54, 1.807) is 45.2 Å². The quantitative estimate of drug-likeness (QED) is 0.356. The third-order valence-corrected chi connectivity index (χ3v) is 4.25. The van der Waals surface area contributed by atoms with E-state index in [9.17, 15) is 14.4 Å². The van der Waals surface area contributed by atoms with Gasteiger partial charge in [0.05, 0.1) is 20.3 Å². The monoisotopic (exact) mass is 368 g/mol. The number of carbonyl (C=O) groups is 3. The van der Waals surface area contributed by atoms with Crippen LogP contribution in [0.15, 0.2) is 29.2 Å². The molecule has 0 unspecified atom stereocenters. The number of methoxy groups -OCH3 is 1. The Morgan fingerprint density at radius 1 is 1.00 bits per heavy atom. The summed E-state index contributed by atoms with van der Waals surface area (Å²) < 4.78 is 14.9. The van der Waals surface area contributed by atoms with Gasteiger partial charge in [0.2, 0.25) is 0 Å². The number of carbonyl (C=O) groups excluding carboxylic acids is 3. The molecule has 0 saturated heterocycles. The van der Waals surface area contributed by atoms with E-state index in [1.165, 1.54) is 0 Å². The zero-order chi connectivity index (χ0) is 18.7. The highest BCUT2D eigenvalue weighted by atomic mass is 32.2. The maximum absolute atomic E-state index is 12.0. The summed E-state index contributed by atoms with van der Waals surface area (Å²) in [7, 11) is 1.58. The van der Waals surface area contributed by atoms with Crippen LogP contribution in [0.2, 0.25) is 0 Å². The molecule has 0 atom stereocenters. The van der Waals surface area contributed by atoms with Gasteiger partial charge in [-0.2, -0.15) is 0 Å². The van der Waals surface area contributed by atoms with Gasteiger partial charge in [0, 0.05) is 11.3 Å². The zero-order valence-corrected chi connectivity index (χ0v) is 15.6. The van der Waals surface area contributed by atoms with Crippen molar-refractivity contribution < 1.29 is 28.6 Å². The topological polar surface area (TPSA) is 78.9 Å². The molecule has 0 aliphatic carbocycles. The molecule has 0 spiro atoms. The molecule has 138 valence electrons. The van der Waals surface area contributed by atoms with E-state index in [-0.39, 0.29) is 31.2 Å². The van der Waals surface area contributed by atoms with Crippen molar-refractivity contribution in [2.75, 3.05) is 20.3 Å². The molecule has 1 aromatic rings. The first kappa shape index (κ1) is 21.0. The minimum atomic E-state index is -0.973. The van der Waals surface area contributed by atoms with Crippen molar-refractivity contribution in [2.24, 2.45) is 5.92 Å². The summed E-state index contributed by atoms with van der Waals surface area (Å²) in [5, 5.41) is -0.0309. The van der Waals surface area contributed by atoms with Gasteiger partial charge in [0.15, 0.2) is 11.0 Å². The fourth-order valence-electron chi connectivity index (χ4n) is 2.09. The summed E-state index contributed by atoms with van der Waals surface area (Å²) in [5.41, 5.74) is 0. The molecule has 1 rings (SSSR count). The molecule has 0 radical (unpaired) electrons. The van der Waals surface area contributed by atoms with Gasteiger partial charge in [-0.25, -0.2) is 0 Å². The number of esters is 2. The van der Waals surface area contributed by atoms with Crippen molar-refractivity contribution in [3.8, 4) is 5.75 Å².